The van der Waals surface area contributed by atoms with Crippen molar-refractivity contribution < 1.29 is 14.0 Å². The molecule has 158 valence electrons. The molecule has 0 radical (unpaired) electrons. The number of rotatable bonds is 10. The molecule has 7 heteroatoms. The van der Waals surface area contributed by atoms with Crippen LogP contribution in [0.25, 0.3) is 0 Å². The van der Waals surface area contributed by atoms with E-state index >= 15 is 0 Å². The maximum Gasteiger partial charge on any atom is 0.253 e. The number of hydrogen-bond acceptors (Lipinski definition) is 4. The van der Waals surface area contributed by atoms with Gasteiger partial charge in [-0.05, 0) is 43.3 Å². The molecular formula is C22H30ClN3O3. The second kappa shape index (κ2) is 11.0. The van der Waals surface area contributed by atoms with Gasteiger partial charge in [-0.3, -0.25) is 14.5 Å². The molecule has 1 aromatic carbocycles. The Labute approximate surface area is 177 Å². The highest BCUT2D eigenvalue weighted by Gasteiger charge is 2.27. The fourth-order valence-corrected chi connectivity index (χ4v) is 3.48. The van der Waals surface area contributed by atoms with Gasteiger partial charge in [0, 0.05) is 6.54 Å². The predicted molar refractivity (Wildman–Crippen MR) is 115 cm³/mol. The lowest BCUT2D eigenvalue weighted by atomic mass is 10.0. The van der Waals surface area contributed by atoms with Gasteiger partial charge in [0.1, 0.15) is 11.8 Å². The number of nitrogens with zero attached hydrogens (tertiary/aromatic N) is 1. The molecular weight excluding hydrogens is 390 g/mol. The third-order valence-corrected chi connectivity index (χ3v) is 5.28. The van der Waals surface area contributed by atoms with Crippen molar-refractivity contribution in [3.63, 3.8) is 0 Å². The zero-order valence-electron chi connectivity index (χ0n) is 17.4. The highest BCUT2D eigenvalue weighted by Crippen LogP contribution is 2.20. The second-order valence-electron chi connectivity index (χ2n) is 7.17. The third-order valence-electron chi connectivity index (χ3n) is 4.95. The lowest BCUT2D eigenvalue weighted by Gasteiger charge is -2.29. The number of carbonyl (C=O) groups excluding carboxylic acids is 2. The van der Waals surface area contributed by atoms with Crippen LogP contribution in [0.2, 0.25) is 5.02 Å². The number of carbonyl (C=O) groups is 2. The van der Waals surface area contributed by atoms with Crippen LogP contribution >= 0.6 is 11.6 Å². The lowest BCUT2D eigenvalue weighted by molar-refractivity contribution is -0.124. The third kappa shape index (κ3) is 6.08. The number of hydrogen-bond donors (Lipinski definition) is 2. The van der Waals surface area contributed by atoms with E-state index in [4.69, 9.17) is 16.0 Å². The minimum absolute atomic E-state index is 0.0731. The average molecular weight is 420 g/mol. The molecule has 2 amide bonds. The molecule has 6 nitrogen and oxygen atoms in total. The molecule has 1 aromatic heterocycles. The number of amides is 2. The summed E-state index contributed by atoms with van der Waals surface area (Å²) in [6, 6.07) is 9.79. The molecule has 0 aliphatic rings. The van der Waals surface area contributed by atoms with Crippen molar-refractivity contribution in [2.45, 2.75) is 39.8 Å². The van der Waals surface area contributed by atoms with Crippen LogP contribution in [0.4, 0.5) is 0 Å². The van der Waals surface area contributed by atoms with E-state index in [1.165, 1.54) is 0 Å². The number of halogens is 1. The summed E-state index contributed by atoms with van der Waals surface area (Å²) in [4.78, 5) is 27.7. The summed E-state index contributed by atoms with van der Waals surface area (Å²) in [5.74, 6) is 0.118. The molecule has 2 atom stereocenters. The number of likely N-dealkylation sites (N-methyl/N-ethyl adjacent to an activating group) is 1. The molecule has 0 fully saturated rings. The Morgan fingerprint density at radius 3 is 2.34 bits per heavy atom. The van der Waals surface area contributed by atoms with E-state index in [0.717, 1.165) is 18.8 Å². The Morgan fingerprint density at radius 1 is 1.10 bits per heavy atom. The van der Waals surface area contributed by atoms with Gasteiger partial charge in [0.2, 0.25) is 5.91 Å². The second-order valence-corrected chi connectivity index (χ2v) is 7.58. The minimum atomic E-state index is -0.673. The fraction of sp³-hybridized carbons (Fsp3) is 0.455. The molecule has 0 bridgehead atoms. The highest BCUT2D eigenvalue weighted by atomic mass is 35.5. The first-order valence-corrected chi connectivity index (χ1v) is 10.4. The zero-order chi connectivity index (χ0) is 21.4. The van der Waals surface area contributed by atoms with E-state index in [9.17, 15) is 9.59 Å². The summed E-state index contributed by atoms with van der Waals surface area (Å²) < 4.78 is 5.58. The standard InChI is InChI=1S/C22H30ClN3O3/c1-5-26(6-2)18(19-12-9-13-29-19)14-24-22(28)20(15(3)4)25-21(27)16-10-7-8-11-17(16)23/h7-13,15,18,20H,5-6,14H2,1-4H3,(H,24,28)(H,25,27). The largest absolute Gasteiger partial charge is 0.468 e. The van der Waals surface area contributed by atoms with E-state index in [2.05, 4.69) is 29.4 Å². The van der Waals surface area contributed by atoms with Gasteiger partial charge in [0.25, 0.3) is 5.91 Å². The summed E-state index contributed by atoms with van der Waals surface area (Å²) in [6.07, 6.45) is 1.63. The SMILES string of the molecule is CCN(CC)C(CNC(=O)C(NC(=O)c1ccccc1Cl)C(C)C)c1ccco1. The Hall–Kier alpha value is -2.31. The highest BCUT2D eigenvalue weighted by molar-refractivity contribution is 6.33. The lowest BCUT2D eigenvalue weighted by Crippen LogP contribution is -2.51. The van der Waals surface area contributed by atoms with Gasteiger partial charge in [-0.2, -0.15) is 0 Å². The quantitative estimate of drug-likeness (QED) is 0.612. The topological polar surface area (TPSA) is 74.6 Å². The monoisotopic (exact) mass is 419 g/mol. The van der Waals surface area contributed by atoms with Gasteiger partial charge in [-0.25, -0.2) is 0 Å². The van der Waals surface area contributed by atoms with E-state index in [-0.39, 0.29) is 23.8 Å². The van der Waals surface area contributed by atoms with Crippen molar-refractivity contribution in [2.75, 3.05) is 19.6 Å². The van der Waals surface area contributed by atoms with Gasteiger partial charge >= 0.3 is 0 Å². The van der Waals surface area contributed by atoms with Crippen molar-refractivity contribution in [1.29, 1.82) is 0 Å². The van der Waals surface area contributed by atoms with Gasteiger partial charge in [0.05, 0.1) is 22.9 Å². The predicted octanol–water partition coefficient (Wildman–Crippen LogP) is 3.89. The zero-order valence-corrected chi connectivity index (χ0v) is 18.2. The van der Waals surface area contributed by atoms with Crippen molar-refractivity contribution in [3.05, 3.63) is 59.0 Å². The normalized spacial score (nSPS) is 13.3. The molecule has 2 N–H and O–H groups in total. The Bertz CT molecular complexity index is 788. The smallest absolute Gasteiger partial charge is 0.253 e. The molecule has 0 aliphatic carbocycles. The molecule has 0 saturated heterocycles. The summed E-state index contributed by atoms with van der Waals surface area (Å²) >= 11 is 6.11. The first-order chi connectivity index (χ1) is 13.9. The van der Waals surface area contributed by atoms with Crippen LogP contribution in [-0.4, -0.2) is 42.4 Å². The summed E-state index contributed by atoms with van der Waals surface area (Å²) in [6.45, 7) is 9.98. The summed E-state index contributed by atoms with van der Waals surface area (Å²) in [5, 5.41) is 6.16. The fourth-order valence-electron chi connectivity index (χ4n) is 3.26. The average Bonchev–Trinajstić information content (AvgIpc) is 3.23. The maximum atomic E-state index is 12.9. The van der Waals surface area contributed by atoms with Crippen molar-refractivity contribution in [1.82, 2.24) is 15.5 Å². The molecule has 0 spiro atoms. The van der Waals surface area contributed by atoms with Gasteiger partial charge in [0.15, 0.2) is 0 Å². The molecule has 29 heavy (non-hydrogen) atoms. The van der Waals surface area contributed by atoms with Crippen LogP contribution in [-0.2, 0) is 4.79 Å². The molecule has 0 aliphatic heterocycles. The Kier molecular flexibility index (Phi) is 8.73. The van der Waals surface area contributed by atoms with Crippen molar-refractivity contribution in [3.8, 4) is 0 Å². The first kappa shape index (κ1) is 23.0. The van der Waals surface area contributed by atoms with Crippen molar-refractivity contribution >= 4 is 23.4 Å². The molecule has 2 aromatic rings. The van der Waals surface area contributed by atoms with Crippen LogP contribution < -0.4 is 10.6 Å². The van der Waals surface area contributed by atoms with Gasteiger partial charge in [-0.1, -0.05) is 51.4 Å². The van der Waals surface area contributed by atoms with E-state index < -0.39 is 6.04 Å². The summed E-state index contributed by atoms with van der Waals surface area (Å²) in [5.41, 5.74) is 0.351. The van der Waals surface area contributed by atoms with Crippen LogP contribution in [0, 0.1) is 5.92 Å². The molecule has 1 heterocycles. The van der Waals surface area contributed by atoms with E-state index in [1.807, 2.05) is 26.0 Å². The Morgan fingerprint density at radius 2 is 1.79 bits per heavy atom. The number of furan rings is 1. The van der Waals surface area contributed by atoms with Crippen LogP contribution in [0.1, 0.15) is 49.9 Å². The van der Waals surface area contributed by atoms with E-state index in [0.29, 0.717) is 17.1 Å². The van der Waals surface area contributed by atoms with Crippen LogP contribution in [0.15, 0.2) is 47.1 Å². The summed E-state index contributed by atoms with van der Waals surface area (Å²) in [7, 11) is 0. The molecule has 2 rings (SSSR count). The maximum absolute atomic E-state index is 12.9. The number of nitrogens with one attached hydrogen (secondary N) is 2. The molecule has 2 unspecified atom stereocenters. The van der Waals surface area contributed by atoms with Gasteiger partial charge in [-0.15, -0.1) is 0 Å². The van der Waals surface area contributed by atoms with Gasteiger partial charge < -0.3 is 15.1 Å². The molecule has 0 saturated carbocycles. The van der Waals surface area contributed by atoms with Crippen LogP contribution in [0.5, 0.6) is 0 Å². The minimum Gasteiger partial charge on any atom is -0.468 e. The van der Waals surface area contributed by atoms with E-state index in [1.54, 1.807) is 30.5 Å². The number of benzene rings is 1. The van der Waals surface area contributed by atoms with Crippen LogP contribution in [0.3, 0.4) is 0 Å². The Balaban J connectivity index is 2.08. The van der Waals surface area contributed by atoms with Crippen molar-refractivity contribution in [2.24, 2.45) is 5.92 Å². The first-order valence-electron chi connectivity index (χ1n) is 9.99.